The zero-order valence-electron chi connectivity index (χ0n) is 20.4. The summed E-state index contributed by atoms with van der Waals surface area (Å²) < 4.78 is 113. The van der Waals surface area contributed by atoms with Crippen molar-refractivity contribution in [2.75, 3.05) is 31.6 Å². The van der Waals surface area contributed by atoms with Crippen LogP contribution in [0.2, 0.25) is 0 Å². The fourth-order valence-corrected chi connectivity index (χ4v) is 7.16. The van der Waals surface area contributed by atoms with Crippen LogP contribution < -0.4 is 9.64 Å². The van der Waals surface area contributed by atoms with Gasteiger partial charge in [-0.3, -0.25) is 0 Å². The van der Waals surface area contributed by atoms with Crippen molar-refractivity contribution in [2.24, 2.45) is 0 Å². The third kappa shape index (κ3) is 5.60. The van der Waals surface area contributed by atoms with Crippen LogP contribution in [-0.2, 0) is 22.0 Å². The van der Waals surface area contributed by atoms with Crippen LogP contribution >= 0.6 is 11.3 Å². The first kappa shape index (κ1) is 29.2. The van der Waals surface area contributed by atoms with E-state index in [2.05, 4.69) is 0 Å². The molecule has 0 bridgehead atoms. The number of hydrogen-bond donors (Lipinski definition) is 1. The number of anilines is 1. The number of piperazine rings is 1. The largest absolute Gasteiger partial charge is 0.497 e. The van der Waals surface area contributed by atoms with Gasteiger partial charge in [0.15, 0.2) is 0 Å². The number of thiophene rings is 1. The zero-order chi connectivity index (χ0) is 28.6. The molecule has 4 rings (SSSR count). The molecular weight excluding hydrogens is 570 g/mol. The number of ether oxygens (including phenoxy) is 1. The van der Waals surface area contributed by atoms with Crippen molar-refractivity contribution in [1.82, 2.24) is 4.31 Å². The Morgan fingerprint density at radius 3 is 2.21 bits per heavy atom. The number of alkyl halides is 6. The third-order valence-electron chi connectivity index (χ3n) is 6.58. The fraction of sp³-hybridized carbons (Fsp3) is 0.360. The molecule has 0 amide bonds. The normalized spacial score (nSPS) is 17.8. The summed E-state index contributed by atoms with van der Waals surface area (Å²) in [5.74, 6) is 0.570. The highest BCUT2D eigenvalue weighted by molar-refractivity contribution is 7.91. The average molecular weight is 595 g/mol. The molecule has 3 aromatic rings. The van der Waals surface area contributed by atoms with E-state index in [1.807, 2.05) is 6.07 Å². The van der Waals surface area contributed by atoms with E-state index >= 15 is 0 Å². The van der Waals surface area contributed by atoms with Crippen LogP contribution in [0.25, 0.3) is 0 Å². The van der Waals surface area contributed by atoms with E-state index in [0.29, 0.717) is 24.3 Å². The van der Waals surface area contributed by atoms with Crippen molar-refractivity contribution < 1.29 is 44.6 Å². The number of nitrogens with zero attached hydrogens (tertiary/aromatic N) is 2. The second kappa shape index (κ2) is 10.6. The number of sulfonamides is 1. The minimum absolute atomic E-state index is 0.0221. The maximum Gasteiger partial charge on any atom is 0.430 e. The van der Waals surface area contributed by atoms with E-state index in [0.717, 1.165) is 29.0 Å². The van der Waals surface area contributed by atoms with Crippen molar-refractivity contribution in [3.05, 3.63) is 77.2 Å². The van der Waals surface area contributed by atoms with E-state index in [4.69, 9.17) is 4.74 Å². The Bertz CT molecular complexity index is 1360. The first-order valence-electron chi connectivity index (χ1n) is 11.6. The summed E-state index contributed by atoms with van der Waals surface area (Å²) in [6.45, 7) is 0.196. The highest BCUT2D eigenvalue weighted by Gasteiger charge is 2.71. The van der Waals surface area contributed by atoms with Crippen molar-refractivity contribution in [3.63, 3.8) is 0 Å². The first-order valence-corrected chi connectivity index (χ1v) is 13.9. The summed E-state index contributed by atoms with van der Waals surface area (Å²) >= 11 is 1.07. The lowest BCUT2D eigenvalue weighted by molar-refractivity contribution is -0.376. The molecule has 6 nitrogen and oxygen atoms in total. The van der Waals surface area contributed by atoms with Crippen molar-refractivity contribution >= 4 is 27.0 Å². The molecule has 2 aromatic carbocycles. The molecule has 1 atom stereocenters. The summed E-state index contributed by atoms with van der Waals surface area (Å²) in [4.78, 5) is 1.74. The summed E-state index contributed by atoms with van der Waals surface area (Å²) in [7, 11) is -2.31. The van der Waals surface area contributed by atoms with Crippen LogP contribution in [0, 0.1) is 0 Å². The highest BCUT2D eigenvalue weighted by Crippen LogP contribution is 2.50. The van der Waals surface area contributed by atoms with E-state index < -0.39 is 39.6 Å². The van der Waals surface area contributed by atoms with Crippen LogP contribution in [0.1, 0.15) is 11.1 Å². The van der Waals surface area contributed by atoms with E-state index in [9.17, 15) is 39.9 Å². The molecule has 0 radical (unpaired) electrons. The average Bonchev–Trinajstić information content (AvgIpc) is 3.43. The van der Waals surface area contributed by atoms with Gasteiger partial charge in [0.05, 0.1) is 7.11 Å². The lowest BCUT2D eigenvalue weighted by Gasteiger charge is -2.42. The van der Waals surface area contributed by atoms with Gasteiger partial charge in [0, 0.05) is 36.9 Å². The number of methoxy groups -OCH3 is 1. The molecule has 1 unspecified atom stereocenters. The topological polar surface area (TPSA) is 70.1 Å². The molecular formula is C25H24F6N2O4S2. The molecule has 0 saturated carbocycles. The van der Waals surface area contributed by atoms with Gasteiger partial charge in [0.1, 0.15) is 9.96 Å². The van der Waals surface area contributed by atoms with Gasteiger partial charge >= 0.3 is 12.4 Å². The Balaban J connectivity index is 1.68. The van der Waals surface area contributed by atoms with Crippen molar-refractivity contribution in [3.8, 4) is 5.75 Å². The zero-order valence-corrected chi connectivity index (χ0v) is 22.0. The molecule has 0 spiro atoms. The Labute approximate surface area is 225 Å². The smallest absolute Gasteiger partial charge is 0.430 e. The molecule has 14 heteroatoms. The van der Waals surface area contributed by atoms with Gasteiger partial charge in [-0.2, -0.15) is 30.6 Å². The number of aliphatic hydroxyl groups is 1. The first-order chi connectivity index (χ1) is 18.2. The molecule has 2 heterocycles. The van der Waals surface area contributed by atoms with E-state index in [1.165, 1.54) is 17.5 Å². The standard InChI is InChI=1S/C25H24F6N2O4S2/c1-37-21-5-2-4-17(15-21)14-20-16-32(39(35,36)22-6-3-13-38-22)11-12-33(20)19-9-7-18(8-10-19)23(34,24(26,27)28)25(29,30)31/h2-10,13,15,20,34H,11-12,14,16H2,1H3. The minimum Gasteiger partial charge on any atom is -0.497 e. The van der Waals surface area contributed by atoms with Crippen LogP contribution in [0.15, 0.2) is 70.3 Å². The van der Waals surface area contributed by atoms with Gasteiger partial charge in [0.2, 0.25) is 0 Å². The van der Waals surface area contributed by atoms with Crippen molar-refractivity contribution in [2.45, 2.75) is 34.6 Å². The monoisotopic (exact) mass is 594 g/mol. The molecule has 1 N–H and O–H groups in total. The molecule has 1 aliphatic rings. The quantitative estimate of drug-likeness (QED) is 0.382. The Morgan fingerprint density at radius 1 is 0.974 bits per heavy atom. The molecule has 0 aliphatic carbocycles. The highest BCUT2D eigenvalue weighted by atomic mass is 32.2. The maximum absolute atomic E-state index is 13.3. The van der Waals surface area contributed by atoms with Crippen LogP contribution in [0.5, 0.6) is 5.75 Å². The molecule has 1 aromatic heterocycles. The summed E-state index contributed by atoms with van der Waals surface area (Å²) in [5.41, 5.74) is -5.33. The van der Waals surface area contributed by atoms with Crippen molar-refractivity contribution in [1.29, 1.82) is 0 Å². The van der Waals surface area contributed by atoms with Gasteiger partial charge in [-0.05, 0) is 47.7 Å². The second-order valence-electron chi connectivity index (χ2n) is 8.95. The predicted molar refractivity (Wildman–Crippen MR) is 133 cm³/mol. The summed E-state index contributed by atoms with van der Waals surface area (Å²) in [6.07, 6.45) is -11.7. The maximum atomic E-state index is 13.3. The second-order valence-corrected chi connectivity index (χ2v) is 12.1. The number of benzene rings is 2. The molecule has 1 aliphatic heterocycles. The van der Waals surface area contributed by atoms with Gasteiger partial charge in [-0.25, -0.2) is 8.42 Å². The summed E-state index contributed by atoms with van der Waals surface area (Å²) in [5, 5.41) is 11.4. The Hall–Kier alpha value is -2.81. The van der Waals surface area contributed by atoms with Crippen LogP contribution in [-0.4, -0.2) is 63.0 Å². The minimum atomic E-state index is -6.00. The Morgan fingerprint density at radius 2 is 1.64 bits per heavy atom. The van der Waals surface area contributed by atoms with E-state index in [1.54, 1.807) is 34.5 Å². The predicted octanol–water partition coefficient (Wildman–Crippen LogP) is 5.19. The molecule has 212 valence electrons. The van der Waals surface area contributed by atoms with Gasteiger partial charge in [0.25, 0.3) is 15.6 Å². The molecule has 1 fully saturated rings. The Kier molecular flexibility index (Phi) is 7.96. The fourth-order valence-electron chi connectivity index (χ4n) is 4.55. The number of hydrogen-bond acceptors (Lipinski definition) is 6. The van der Waals surface area contributed by atoms with Crippen LogP contribution in [0.3, 0.4) is 0 Å². The molecule has 39 heavy (non-hydrogen) atoms. The van der Waals surface area contributed by atoms with Gasteiger partial charge in [-0.1, -0.05) is 30.3 Å². The van der Waals surface area contributed by atoms with Gasteiger partial charge in [-0.15, -0.1) is 11.3 Å². The third-order valence-corrected chi connectivity index (χ3v) is 9.82. The lowest BCUT2D eigenvalue weighted by Crippen LogP contribution is -2.55. The van der Waals surface area contributed by atoms with Gasteiger partial charge < -0.3 is 14.7 Å². The molecule has 1 saturated heterocycles. The number of halogens is 6. The SMILES string of the molecule is COc1cccc(CC2CN(S(=O)(=O)c3cccs3)CCN2c2ccc(C(O)(C(F)(F)F)C(F)(F)F)cc2)c1. The van der Waals surface area contributed by atoms with Crippen LogP contribution in [0.4, 0.5) is 32.0 Å². The number of rotatable bonds is 7. The van der Waals surface area contributed by atoms with E-state index in [-0.39, 0.29) is 29.5 Å². The lowest BCUT2D eigenvalue weighted by atomic mass is 9.92. The summed E-state index contributed by atoms with van der Waals surface area (Å²) in [6, 6.07) is 13.0.